The van der Waals surface area contributed by atoms with Gasteiger partial charge in [0.25, 0.3) is 5.91 Å². The van der Waals surface area contributed by atoms with Crippen LogP contribution in [0.1, 0.15) is 40.7 Å². The zero-order valence-electron chi connectivity index (χ0n) is 18.5. The number of carbonyl (C=O) groups is 1. The van der Waals surface area contributed by atoms with Crippen molar-refractivity contribution in [2.45, 2.75) is 25.4 Å². The zero-order chi connectivity index (χ0) is 24.2. The fraction of sp³-hybridized carbons (Fsp3) is 0.333. The minimum absolute atomic E-state index is 0.0224. The highest BCUT2D eigenvalue weighted by molar-refractivity contribution is 5.94. The molecule has 8 nitrogen and oxygen atoms in total. The van der Waals surface area contributed by atoms with Crippen LogP contribution in [-0.2, 0) is 6.54 Å². The smallest absolute Gasteiger partial charge is 0.273 e. The van der Waals surface area contributed by atoms with E-state index in [0.717, 1.165) is 25.0 Å². The van der Waals surface area contributed by atoms with Crippen LogP contribution in [0, 0.1) is 17.6 Å². The molecule has 4 rings (SSSR count). The van der Waals surface area contributed by atoms with Gasteiger partial charge in [-0.05, 0) is 43.0 Å². The summed E-state index contributed by atoms with van der Waals surface area (Å²) in [7, 11) is 1.54. The summed E-state index contributed by atoms with van der Waals surface area (Å²) in [5.74, 6) is -0.530. The molecule has 0 aliphatic heterocycles. The van der Waals surface area contributed by atoms with Gasteiger partial charge in [-0.25, -0.2) is 13.8 Å². The van der Waals surface area contributed by atoms with Gasteiger partial charge < -0.3 is 30.0 Å². The van der Waals surface area contributed by atoms with Crippen molar-refractivity contribution in [2.24, 2.45) is 11.7 Å². The molecule has 10 heteroatoms. The lowest BCUT2D eigenvalue weighted by Crippen LogP contribution is -2.26. The molecular formula is C24H25F2N3O5. The number of hydrogen-bond donors (Lipinski definition) is 3. The third kappa shape index (κ3) is 5.35. The topological polar surface area (TPSA) is 120 Å². The molecule has 1 heterocycles. The Morgan fingerprint density at radius 1 is 1.26 bits per heavy atom. The van der Waals surface area contributed by atoms with Crippen molar-refractivity contribution in [1.29, 1.82) is 0 Å². The van der Waals surface area contributed by atoms with Gasteiger partial charge in [-0.3, -0.25) is 4.79 Å². The van der Waals surface area contributed by atoms with Crippen molar-refractivity contribution in [3.63, 3.8) is 0 Å². The monoisotopic (exact) mass is 473 g/mol. The van der Waals surface area contributed by atoms with Gasteiger partial charge in [-0.1, -0.05) is 6.07 Å². The van der Waals surface area contributed by atoms with Crippen LogP contribution in [0.4, 0.5) is 8.78 Å². The third-order valence-electron chi connectivity index (χ3n) is 5.44. The summed E-state index contributed by atoms with van der Waals surface area (Å²) in [6.45, 7) is -0.123. The molecule has 4 N–H and O–H groups in total. The van der Waals surface area contributed by atoms with Crippen molar-refractivity contribution in [2.75, 3.05) is 20.3 Å². The molecule has 1 atom stereocenters. The fourth-order valence-corrected chi connectivity index (χ4v) is 3.29. The van der Waals surface area contributed by atoms with Gasteiger partial charge in [0, 0.05) is 23.7 Å². The minimum Gasteiger partial charge on any atom is -0.493 e. The summed E-state index contributed by atoms with van der Waals surface area (Å²) >= 11 is 0. The second-order valence-electron chi connectivity index (χ2n) is 8.06. The van der Waals surface area contributed by atoms with E-state index in [1.54, 1.807) is 18.2 Å². The molecule has 1 aliphatic rings. The maximum Gasteiger partial charge on any atom is 0.273 e. The molecule has 3 aromatic rings. The number of methoxy groups -OCH3 is 1. The first-order valence-corrected chi connectivity index (χ1v) is 10.8. The van der Waals surface area contributed by atoms with Crippen LogP contribution in [0.3, 0.4) is 0 Å². The van der Waals surface area contributed by atoms with E-state index in [2.05, 4.69) is 10.3 Å². The SMILES string of the molecule is COc1ccc(-c2nc(C(=O)NCc3ccc(F)cc3F)c([C@@H](N)CO)o2)cc1OCC1CC1. The number of nitrogens with two attached hydrogens (primary N) is 1. The predicted molar refractivity (Wildman–Crippen MR) is 118 cm³/mol. The minimum atomic E-state index is -1.01. The number of carbonyl (C=O) groups excluding carboxylic acids is 1. The highest BCUT2D eigenvalue weighted by Gasteiger charge is 2.26. The second kappa shape index (κ2) is 10.2. The third-order valence-corrected chi connectivity index (χ3v) is 5.44. The van der Waals surface area contributed by atoms with E-state index in [0.29, 0.717) is 29.6 Å². The number of rotatable bonds is 10. The van der Waals surface area contributed by atoms with Gasteiger partial charge in [-0.15, -0.1) is 0 Å². The molecule has 2 aromatic carbocycles. The Morgan fingerprint density at radius 2 is 2.06 bits per heavy atom. The summed E-state index contributed by atoms with van der Waals surface area (Å²) in [5, 5.41) is 12.0. The lowest BCUT2D eigenvalue weighted by atomic mass is 10.2. The van der Waals surface area contributed by atoms with E-state index in [-0.39, 0.29) is 29.5 Å². The molecule has 1 fully saturated rings. The quantitative estimate of drug-likeness (QED) is 0.413. The summed E-state index contributed by atoms with van der Waals surface area (Å²) in [6.07, 6.45) is 2.26. The first-order chi connectivity index (χ1) is 16.4. The average Bonchev–Trinajstić information content (AvgIpc) is 3.56. The number of aliphatic hydroxyl groups is 1. The number of benzene rings is 2. The first kappa shape index (κ1) is 23.7. The second-order valence-corrected chi connectivity index (χ2v) is 8.06. The standard InChI is InChI=1S/C24H25F2N3O5/c1-32-19-7-5-14(8-20(19)33-12-13-2-3-13)24-29-21(22(34-24)18(27)11-30)23(31)28-10-15-4-6-16(25)9-17(15)26/h4-9,13,18,30H,2-3,10-12,27H2,1H3,(H,28,31)/t18-/m0/s1. The summed E-state index contributed by atoms with van der Waals surface area (Å²) in [5.41, 5.74) is 6.39. The Bertz CT molecular complexity index is 1180. The first-order valence-electron chi connectivity index (χ1n) is 10.8. The Hall–Kier alpha value is -3.50. The molecular weight excluding hydrogens is 448 g/mol. The highest BCUT2D eigenvalue weighted by atomic mass is 19.1. The molecule has 1 amide bonds. The van der Waals surface area contributed by atoms with Gasteiger partial charge in [-0.2, -0.15) is 0 Å². The van der Waals surface area contributed by atoms with E-state index in [1.807, 2.05) is 0 Å². The van der Waals surface area contributed by atoms with Crippen LogP contribution in [0.5, 0.6) is 11.5 Å². The number of aliphatic hydroxyl groups excluding tert-OH is 1. The Kier molecular flexibility index (Phi) is 7.09. The normalized spacial score (nSPS) is 14.0. The Morgan fingerprint density at radius 3 is 2.74 bits per heavy atom. The van der Waals surface area contributed by atoms with Crippen molar-refractivity contribution < 1.29 is 32.6 Å². The van der Waals surface area contributed by atoms with E-state index in [9.17, 15) is 18.7 Å². The molecule has 1 aromatic heterocycles. The van der Waals surface area contributed by atoms with Gasteiger partial charge in [0.05, 0.1) is 26.4 Å². The van der Waals surface area contributed by atoms with E-state index in [4.69, 9.17) is 19.6 Å². The maximum absolute atomic E-state index is 13.9. The number of amides is 1. The van der Waals surface area contributed by atoms with Gasteiger partial charge in [0.15, 0.2) is 23.0 Å². The molecule has 0 saturated heterocycles. The van der Waals surface area contributed by atoms with Crippen LogP contribution in [0.25, 0.3) is 11.5 Å². The van der Waals surface area contributed by atoms with E-state index >= 15 is 0 Å². The molecule has 1 aliphatic carbocycles. The van der Waals surface area contributed by atoms with Crippen LogP contribution < -0.4 is 20.5 Å². The molecule has 0 unspecified atom stereocenters. The van der Waals surface area contributed by atoms with Crippen LogP contribution in [0.15, 0.2) is 40.8 Å². The van der Waals surface area contributed by atoms with Crippen molar-refractivity contribution in [1.82, 2.24) is 10.3 Å². The number of nitrogens with one attached hydrogen (secondary N) is 1. The van der Waals surface area contributed by atoms with Crippen LogP contribution in [0.2, 0.25) is 0 Å². The van der Waals surface area contributed by atoms with E-state index < -0.39 is 30.2 Å². The number of hydrogen-bond acceptors (Lipinski definition) is 7. The molecule has 0 spiro atoms. The maximum atomic E-state index is 13.9. The van der Waals surface area contributed by atoms with Gasteiger partial charge in [0.1, 0.15) is 11.6 Å². The van der Waals surface area contributed by atoms with Crippen LogP contribution >= 0.6 is 0 Å². The lowest BCUT2D eigenvalue weighted by molar-refractivity contribution is 0.0942. The number of ether oxygens (including phenoxy) is 2. The number of nitrogens with zero attached hydrogens (tertiary/aromatic N) is 1. The summed E-state index contributed by atoms with van der Waals surface area (Å²) < 4.78 is 44.0. The lowest BCUT2D eigenvalue weighted by Gasteiger charge is -2.11. The van der Waals surface area contributed by atoms with Crippen molar-refractivity contribution in [3.8, 4) is 23.0 Å². The average molecular weight is 473 g/mol. The number of oxazole rings is 1. The molecule has 34 heavy (non-hydrogen) atoms. The molecule has 0 radical (unpaired) electrons. The van der Waals surface area contributed by atoms with Crippen molar-refractivity contribution >= 4 is 5.91 Å². The summed E-state index contributed by atoms with van der Waals surface area (Å²) in [6, 6.07) is 7.14. The summed E-state index contributed by atoms with van der Waals surface area (Å²) in [4.78, 5) is 17.1. The molecule has 180 valence electrons. The van der Waals surface area contributed by atoms with Crippen LogP contribution in [-0.4, -0.2) is 36.3 Å². The fourth-order valence-electron chi connectivity index (χ4n) is 3.29. The molecule has 1 saturated carbocycles. The predicted octanol–water partition coefficient (Wildman–Crippen LogP) is 3.34. The zero-order valence-corrected chi connectivity index (χ0v) is 18.5. The number of halogens is 2. The van der Waals surface area contributed by atoms with Gasteiger partial charge in [0.2, 0.25) is 5.89 Å². The van der Waals surface area contributed by atoms with Gasteiger partial charge >= 0.3 is 0 Å². The van der Waals surface area contributed by atoms with E-state index in [1.165, 1.54) is 13.2 Å². The highest BCUT2D eigenvalue weighted by Crippen LogP contribution is 2.36. The number of aromatic nitrogens is 1. The van der Waals surface area contributed by atoms with Crippen molar-refractivity contribution in [3.05, 3.63) is 65.1 Å². The Labute approximate surface area is 194 Å². The largest absolute Gasteiger partial charge is 0.493 e. The Balaban J connectivity index is 1.59. The molecule has 0 bridgehead atoms.